The van der Waals surface area contributed by atoms with Crippen LogP contribution in [0.3, 0.4) is 0 Å². The van der Waals surface area contributed by atoms with Gasteiger partial charge in [-0.3, -0.25) is 4.68 Å². The summed E-state index contributed by atoms with van der Waals surface area (Å²) >= 11 is 0. The van der Waals surface area contributed by atoms with Crippen LogP contribution in [0.25, 0.3) is 11.5 Å². The molecule has 1 aliphatic rings. The normalized spacial score (nSPS) is 14.3. The smallest absolute Gasteiger partial charge is 0.161 e. The second kappa shape index (κ2) is 9.26. The van der Waals surface area contributed by atoms with E-state index in [0.717, 1.165) is 43.3 Å². The van der Waals surface area contributed by atoms with Crippen molar-refractivity contribution in [1.29, 1.82) is 0 Å². The Morgan fingerprint density at radius 1 is 1.19 bits per heavy atom. The summed E-state index contributed by atoms with van der Waals surface area (Å²) in [6, 6.07) is 10.5. The highest BCUT2D eigenvalue weighted by atomic mass is 35.5. The van der Waals surface area contributed by atoms with Crippen LogP contribution >= 0.6 is 24.8 Å². The van der Waals surface area contributed by atoms with Crippen molar-refractivity contribution in [1.82, 2.24) is 24.6 Å². The monoisotopic (exact) mass is 409 g/mol. The molecular weight excluding hydrogens is 385 g/mol. The van der Waals surface area contributed by atoms with Crippen LogP contribution in [0.5, 0.6) is 5.75 Å². The summed E-state index contributed by atoms with van der Waals surface area (Å²) in [5.74, 6) is 1.77. The summed E-state index contributed by atoms with van der Waals surface area (Å²) in [6.07, 6.45) is 4.97. The highest BCUT2D eigenvalue weighted by Gasteiger charge is 2.18. The van der Waals surface area contributed by atoms with E-state index >= 15 is 0 Å². The average Bonchev–Trinajstić information content (AvgIpc) is 3.23. The number of nitrogens with zero attached hydrogens (tertiary/aromatic N) is 4. The van der Waals surface area contributed by atoms with Crippen LogP contribution in [0.15, 0.2) is 42.7 Å². The van der Waals surface area contributed by atoms with Crippen LogP contribution in [0.2, 0.25) is 0 Å². The number of fused-ring (bicyclic) bond motifs is 1. The fourth-order valence-corrected chi connectivity index (χ4v) is 3.34. The molecule has 0 aliphatic carbocycles. The third-order valence-corrected chi connectivity index (χ3v) is 4.81. The van der Waals surface area contributed by atoms with E-state index in [0.29, 0.717) is 0 Å². The molecular formula is C19H25Cl2N5O. The van der Waals surface area contributed by atoms with Crippen molar-refractivity contribution in [3.05, 3.63) is 54.0 Å². The molecule has 27 heavy (non-hydrogen) atoms. The van der Waals surface area contributed by atoms with Crippen molar-refractivity contribution in [3.8, 4) is 17.3 Å². The number of halogens is 2. The van der Waals surface area contributed by atoms with Crippen molar-refractivity contribution in [2.24, 2.45) is 0 Å². The Labute approximate surface area is 171 Å². The molecule has 8 heteroatoms. The number of hydrogen-bond acceptors (Lipinski definition) is 4. The van der Waals surface area contributed by atoms with Gasteiger partial charge in [-0.2, -0.15) is 5.10 Å². The van der Waals surface area contributed by atoms with Crippen LogP contribution < -0.4 is 10.1 Å². The first-order chi connectivity index (χ1) is 12.3. The molecule has 2 aromatic heterocycles. The first-order valence-electron chi connectivity index (χ1n) is 8.71. The molecule has 1 aliphatic heterocycles. The molecule has 6 nitrogen and oxygen atoms in total. The van der Waals surface area contributed by atoms with E-state index in [2.05, 4.69) is 44.7 Å². The van der Waals surface area contributed by atoms with Crippen LogP contribution in [-0.2, 0) is 13.1 Å². The lowest BCUT2D eigenvalue weighted by Crippen LogP contribution is -2.11. The number of benzene rings is 1. The van der Waals surface area contributed by atoms with Gasteiger partial charge in [0.25, 0.3) is 0 Å². The average molecular weight is 410 g/mol. The van der Waals surface area contributed by atoms with Gasteiger partial charge in [-0.15, -0.1) is 24.8 Å². The first-order valence-corrected chi connectivity index (χ1v) is 8.71. The van der Waals surface area contributed by atoms with Gasteiger partial charge >= 0.3 is 0 Å². The molecule has 3 aromatic rings. The largest absolute Gasteiger partial charge is 0.497 e. The molecule has 0 saturated heterocycles. The molecule has 146 valence electrons. The number of imidazole rings is 1. The molecule has 1 atom stereocenters. The van der Waals surface area contributed by atoms with Gasteiger partial charge in [-0.25, -0.2) is 4.98 Å². The van der Waals surface area contributed by atoms with E-state index in [1.54, 1.807) is 7.11 Å². The molecule has 0 fully saturated rings. The first kappa shape index (κ1) is 21.3. The topological polar surface area (TPSA) is 56.9 Å². The zero-order valence-corrected chi connectivity index (χ0v) is 17.1. The maximum Gasteiger partial charge on any atom is 0.161 e. The van der Waals surface area contributed by atoms with Gasteiger partial charge < -0.3 is 14.6 Å². The number of aryl methyl sites for hydroxylation is 1. The van der Waals surface area contributed by atoms with Crippen molar-refractivity contribution in [2.45, 2.75) is 32.5 Å². The molecule has 4 rings (SSSR count). The number of ether oxygens (including phenoxy) is 1. The zero-order valence-electron chi connectivity index (χ0n) is 15.5. The van der Waals surface area contributed by atoms with Crippen LogP contribution in [0, 0.1) is 0 Å². The number of rotatable bonds is 4. The SMILES string of the molecule is COc1ccc([C@@H](C)n2ccnc2-c2cc3n(n2)CCCNC3)cc1.Cl.Cl. The van der Waals surface area contributed by atoms with Crippen LogP contribution in [0.4, 0.5) is 0 Å². The predicted molar refractivity (Wildman–Crippen MR) is 111 cm³/mol. The Hall–Kier alpha value is -2.02. The summed E-state index contributed by atoms with van der Waals surface area (Å²) in [6.45, 7) is 5.04. The lowest BCUT2D eigenvalue weighted by molar-refractivity contribution is 0.414. The van der Waals surface area contributed by atoms with Gasteiger partial charge in [0.15, 0.2) is 5.82 Å². The lowest BCUT2D eigenvalue weighted by atomic mass is 10.1. The molecule has 0 unspecified atom stereocenters. The molecule has 0 bridgehead atoms. The van der Waals surface area contributed by atoms with E-state index < -0.39 is 0 Å². The van der Waals surface area contributed by atoms with Gasteiger partial charge in [-0.05, 0) is 43.7 Å². The van der Waals surface area contributed by atoms with Crippen molar-refractivity contribution < 1.29 is 4.74 Å². The molecule has 3 heterocycles. The fourth-order valence-electron chi connectivity index (χ4n) is 3.34. The van der Waals surface area contributed by atoms with Crippen molar-refractivity contribution in [2.75, 3.05) is 13.7 Å². The molecule has 1 N–H and O–H groups in total. The van der Waals surface area contributed by atoms with Gasteiger partial charge in [0, 0.05) is 25.5 Å². The summed E-state index contributed by atoms with van der Waals surface area (Å²) in [5, 5.41) is 8.23. The van der Waals surface area contributed by atoms with Crippen molar-refractivity contribution >= 4 is 24.8 Å². The summed E-state index contributed by atoms with van der Waals surface area (Å²) in [7, 11) is 1.68. The third kappa shape index (κ3) is 4.29. The van der Waals surface area contributed by atoms with E-state index in [1.165, 1.54) is 11.3 Å². The maximum atomic E-state index is 5.25. The van der Waals surface area contributed by atoms with Gasteiger partial charge in [0.1, 0.15) is 11.4 Å². The lowest BCUT2D eigenvalue weighted by Gasteiger charge is -2.16. The molecule has 0 radical (unpaired) electrons. The molecule has 0 amide bonds. The highest BCUT2D eigenvalue weighted by Crippen LogP contribution is 2.27. The Kier molecular flexibility index (Phi) is 7.30. The van der Waals surface area contributed by atoms with Crippen LogP contribution in [-0.4, -0.2) is 33.0 Å². The number of methoxy groups -OCH3 is 1. The number of hydrogen-bond donors (Lipinski definition) is 1. The molecule has 1 aromatic carbocycles. The standard InChI is InChI=1S/C19H23N5O.2ClH/c1-14(15-4-6-17(25-2)7-5-15)23-11-9-21-19(23)18-12-16-13-20-8-3-10-24(16)22-18;;/h4-7,9,11-12,14,20H,3,8,10,13H2,1-2H3;2*1H/t14-;;/m1../s1. The maximum absolute atomic E-state index is 5.25. The second-order valence-corrected chi connectivity index (χ2v) is 6.38. The Morgan fingerprint density at radius 3 is 2.70 bits per heavy atom. The predicted octanol–water partition coefficient (Wildman–Crippen LogP) is 3.70. The summed E-state index contributed by atoms with van der Waals surface area (Å²) in [5.41, 5.74) is 3.37. The Balaban J connectivity index is 0.00000131. The second-order valence-electron chi connectivity index (χ2n) is 6.38. The number of aromatic nitrogens is 4. The minimum atomic E-state index is 0. The minimum Gasteiger partial charge on any atom is -0.497 e. The Bertz CT molecular complexity index is 836. The van der Waals surface area contributed by atoms with Crippen molar-refractivity contribution in [3.63, 3.8) is 0 Å². The van der Waals surface area contributed by atoms with E-state index in [1.807, 2.05) is 24.5 Å². The number of nitrogens with one attached hydrogen (secondary N) is 1. The van der Waals surface area contributed by atoms with E-state index in [-0.39, 0.29) is 30.9 Å². The summed E-state index contributed by atoms with van der Waals surface area (Å²) in [4.78, 5) is 4.58. The van der Waals surface area contributed by atoms with Gasteiger partial charge in [0.2, 0.25) is 0 Å². The van der Waals surface area contributed by atoms with E-state index in [4.69, 9.17) is 9.84 Å². The highest BCUT2D eigenvalue weighted by molar-refractivity contribution is 5.85. The molecule has 0 spiro atoms. The minimum absolute atomic E-state index is 0. The Morgan fingerprint density at radius 2 is 1.96 bits per heavy atom. The fraction of sp³-hybridized carbons (Fsp3) is 0.368. The zero-order chi connectivity index (χ0) is 17.2. The van der Waals surface area contributed by atoms with E-state index in [9.17, 15) is 0 Å². The van der Waals surface area contributed by atoms with Gasteiger partial charge in [-0.1, -0.05) is 12.1 Å². The third-order valence-electron chi connectivity index (χ3n) is 4.81. The quantitative estimate of drug-likeness (QED) is 0.713. The van der Waals surface area contributed by atoms with Crippen LogP contribution in [0.1, 0.15) is 30.6 Å². The summed E-state index contributed by atoms with van der Waals surface area (Å²) < 4.78 is 9.53. The van der Waals surface area contributed by atoms with Gasteiger partial charge in [0.05, 0.1) is 18.8 Å². The molecule has 0 saturated carbocycles.